The molecule has 6 heteroatoms. The number of ketones is 2. The number of hydrogen-bond acceptors (Lipinski definition) is 3. The van der Waals surface area contributed by atoms with Crippen molar-refractivity contribution in [3.8, 4) is 0 Å². The highest BCUT2D eigenvalue weighted by Crippen LogP contribution is 2.30. The number of aryl methyl sites for hydroxylation is 3. The predicted molar refractivity (Wildman–Crippen MR) is 129 cm³/mol. The van der Waals surface area contributed by atoms with Crippen LogP contribution in [-0.4, -0.2) is 16.6 Å². The van der Waals surface area contributed by atoms with Crippen molar-refractivity contribution in [1.29, 1.82) is 0 Å². The van der Waals surface area contributed by atoms with Gasteiger partial charge in [0.1, 0.15) is 5.78 Å². The van der Waals surface area contributed by atoms with Gasteiger partial charge in [0.2, 0.25) is 0 Å². The predicted octanol–water partition coefficient (Wildman–Crippen LogP) is 6.08. The van der Waals surface area contributed by atoms with Crippen LogP contribution in [0.4, 0.5) is 13.2 Å². The molecule has 4 rings (SSSR count). The second kappa shape index (κ2) is 9.98. The quantitative estimate of drug-likeness (QED) is 0.395. The number of aromatic nitrogens is 1. The van der Waals surface area contributed by atoms with Gasteiger partial charge < -0.3 is 0 Å². The summed E-state index contributed by atoms with van der Waals surface area (Å²) in [5.41, 5.74) is 6.50. The van der Waals surface area contributed by atoms with Crippen molar-refractivity contribution in [1.82, 2.24) is 4.98 Å². The van der Waals surface area contributed by atoms with Crippen molar-refractivity contribution < 1.29 is 22.8 Å². The van der Waals surface area contributed by atoms with Crippen LogP contribution in [0.25, 0.3) is 6.08 Å². The fourth-order valence-electron chi connectivity index (χ4n) is 4.37. The van der Waals surface area contributed by atoms with E-state index in [4.69, 9.17) is 0 Å². The Bertz CT molecular complexity index is 1320. The zero-order valence-corrected chi connectivity index (χ0v) is 19.7. The van der Waals surface area contributed by atoms with E-state index in [2.05, 4.69) is 11.1 Å². The van der Waals surface area contributed by atoms with Gasteiger partial charge in [-0.15, -0.1) is 0 Å². The first kappa shape index (κ1) is 24.6. The summed E-state index contributed by atoms with van der Waals surface area (Å²) in [6.45, 7) is 3.59. The van der Waals surface area contributed by atoms with Crippen LogP contribution < -0.4 is 0 Å². The fourth-order valence-corrected chi connectivity index (χ4v) is 4.37. The molecule has 0 saturated heterocycles. The molecule has 1 aliphatic carbocycles. The smallest absolute Gasteiger partial charge is 0.299 e. The SMILES string of the molecule is CC(=O)C1=Cc2cc(CCc3cc(CC(=O)Cc4cccc(C(F)(F)F)c4)ccc3C)cnc2C1. The molecule has 1 aliphatic rings. The normalized spacial score (nSPS) is 12.9. The van der Waals surface area contributed by atoms with Crippen LogP contribution in [-0.2, 0) is 47.9 Å². The Labute approximate surface area is 202 Å². The number of hydrogen-bond donors (Lipinski definition) is 0. The number of alkyl halides is 3. The molecule has 0 atom stereocenters. The number of nitrogens with zero attached hydrogens (tertiary/aromatic N) is 1. The van der Waals surface area contributed by atoms with Gasteiger partial charge in [-0.05, 0) is 78.3 Å². The number of halogens is 3. The Morgan fingerprint density at radius 2 is 1.69 bits per heavy atom. The second-order valence-electron chi connectivity index (χ2n) is 9.13. The molecule has 0 aliphatic heterocycles. The Hall–Kier alpha value is -3.54. The van der Waals surface area contributed by atoms with Gasteiger partial charge in [0, 0.05) is 31.0 Å². The molecule has 35 heavy (non-hydrogen) atoms. The molecule has 0 unspecified atom stereocenters. The van der Waals surface area contributed by atoms with E-state index >= 15 is 0 Å². The van der Waals surface area contributed by atoms with Crippen LogP contribution in [0, 0.1) is 6.92 Å². The first-order valence-corrected chi connectivity index (χ1v) is 11.5. The minimum Gasteiger partial charge on any atom is -0.299 e. The number of pyridine rings is 1. The highest BCUT2D eigenvalue weighted by atomic mass is 19.4. The molecule has 180 valence electrons. The molecule has 2 aromatic carbocycles. The van der Waals surface area contributed by atoms with Crippen LogP contribution >= 0.6 is 0 Å². The van der Waals surface area contributed by atoms with Crippen molar-refractivity contribution in [2.45, 2.75) is 52.1 Å². The van der Waals surface area contributed by atoms with E-state index in [9.17, 15) is 22.8 Å². The third kappa shape index (κ3) is 6.13. The highest BCUT2D eigenvalue weighted by molar-refractivity contribution is 6.00. The number of allylic oxidation sites excluding steroid dienone is 1. The van der Waals surface area contributed by atoms with Crippen molar-refractivity contribution in [3.63, 3.8) is 0 Å². The summed E-state index contributed by atoms with van der Waals surface area (Å²) in [6, 6.07) is 12.9. The maximum absolute atomic E-state index is 12.9. The molecule has 3 aromatic rings. The lowest BCUT2D eigenvalue weighted by Gasteiger charge is -2.11. The molecule has 3 nitrogen and oxygen atoms in total. The van der Waals surface area contributed by atoms with Crippen molar-refractivity contribution in [2.75, 3.05) is 0 Å². The summed E-state index contributed by atoms with van der Waals surface area (Å²) in [4.78, 5) is 28.8. The van der Waals surface area contributed by atoms with E-state index in [1.165, 1.54) is 6.07 Å². The average Bonchev–Trinajstić information content (AvgIpc) is 3.23. The Morgan fingerprint density at radius 3 is 2.40 bits per heavy atom. The zero-order valence-electron chi connectivity index (χ0n) is 19.7. The lowest BCUT2D eigenvalue weighted by atomic mass is 9.95. The van der Waals surface area contributed by atoms with Crippen LogP contribution in [0.2, 0.25) is 0 Å². The lowest BCUT2D eigenvalue weighted by molar-refractivity contribution is -0.137. The van der Waals surface area contributed by atoms with E-state index in [-0.39, 0.29) is 24.4 Å². The van der Waals surface area contributed by atoms with E-state index in [1.54, 1.807) is 13.0 Å². The van der Waals surface area contributed by atoms with E-state index in [1.807, 2.05) is 37.4 Å². The van der Waals surface area contributed by atoms with E-state index in [0.717, 1.165) is 64.1 Å². The van der Waals surface area contributed by atoms with Crippen molar-refractivity contribution >= 4 is 17.6 Å². The number of benzene rings is 2. The molecule has 1 aromatic heterocycles. The molecule has 0 N–H and O–H groups in total. The van der Waals surface area contributed by atoms with Gasteiger partial charge in [0.05, 0.1) is 11.3 Å². The lowest BCUT2D eigenvalue weighted by Crippen LogP contribution is -2.10. The molecular formula is C29H26F3NO2. The maximum Gasteiger partial charge on any atom is 0.416 e. The summed E-state index contributed by atoms with van der Waals surface area (Å²) in [6.07, 6.45) is 1.60. The number of Topliss-reactive ketones (excluding diaryl/α,β-unsaturated/α-hetero) is 2. The largest absolute Gasteiger partial charge is 0.416 e. The molecular weight excluding hydrogens is 451 g/mol. The Morgan fingerprint density at radius 1 is 0.943 bits per heavy atom. The summed E-state index contributed by atoms with van der Waals surface area (Å²) in [7, 11) is 0. The first-order chi connectivity index (χ1) is 16.6. The van der Waals surface area contributed by atoms with Gasteiger partial charge in [-0.25, -0.2) is 0 Å². The van der Waals surface area contributed by atoms with Crippen molar-refractivity contribution in [2.24, 2.45) is 0 Å². The van der Waals surface area contributed by atoms with Crippen LogP contribution in [0.15, 0.2) is 60.3 Å². The third-order valence-electron chi connectivity index (χ3n) is 6.35. The average molecular weight is 478 g/mol. The molecule has 0 fully saturated rings. The highest BCUT2D eigenvalue weighted by Gasteiger charge is 2.30. The topological polar surface area (TPSA) is 47.0 Å². The minimum atomic E-state index is -4.43. The molecule has 1 heterocycles. The van der Waals surface area contributed by atoms with Crippen molar-refractivity contribution in [3.05, 3.63) is 105 Å². The standard InChI is InChI=1S/C29H26F3NO2/c1-18-6-7-21(14-27(35)13-20-4-3-5-26(12-20)29(30,31)32)10-23(18)9-8-22-11-25-15-24(19(2)34)16-28(25)33-17-22/h3-7,10-12,15,17H,8-9,13-14,16H2,1-2H3. The van der Waals surface area contributed by atoms with Gasteiger partial charge in [0.15, 0.2) is 5.78 Å². The third-order valence-corrected chi connectivity index (χ3v) is 6.35. The van der Waals surface area contributed by atoms with Gasteiger partial charge in [-0.3, -0.25) is 14.6 Å². The van der Waals surface area contributed by atoms with Gasteiger partial charge in [-0.2, -0.15) is 13.2 Å². The number of carbonyl (C=O) groups excluding carboxylic acids is 2. The first-order valence-electron chi connectivity index (χ1n) is 11.5. The number of fused-ring (bicyclic) bond motifs is 1. The Kier molecular flexibility index (Phi) is 7.01. The molecule has 0 spiro atoms. The number of carbonyl (C=O) groups is 2. The van der Waals surface area contributed by atoms with Crippen LogP contribution in [0.3, 0.4) is 0 Å². The van der Waals surface area contributed by atoms with Gasteiger partial charge in [0.25, 0.3) is 0 Å². The molecule has 0 bridgehead atoms. The summed E-state index contributed by atoms with van der Waals surface area (Å²) in [5.74, 6) is -0.0605. The summed E-state index contributed by atoms with van der Waals surface area (Å²) >= 11 is 0. The Balaban J connectivity index is 1.40. The van der Waals surface area contributed by atoms with Crippen LogP contribution in [0.1, 0.15) is 51.6 Å². The fraction of sp³-hybridized carbons (Fsp3) is 0.276. The summed E-state index contributed by atoms with van der Waals surface area (Å²) < 4.78 is 38.8. The van der Waals surface area contributed by atoms with E-state index in [0.29, 0.717) is 12.0 Å². The second-order valence-corrected chi connectivity index (χ2v) is 9.13. The molecule has 0 amide bonds. The molecule has 0 radical (unpaired) electrons. The zero-order chi connectivity index (χ0) is 25.2. The van der Waals surface area contributed by atoms with E-state index < -0.39 is 11.7 Å². The van der Waals surface area contributed by atoms with Gasteiger partial charge >= 0.3 is 6.18 Å². The van der Waals surface area contributed by atoms with Gasteiger partial charge in [-0.1, -0.05) is 36.4 Å². The minimum absolute atomic E-state index is 0.0380. The maximum atomic E-state index is 12.9. The molecule has 0 saturated carbocycles. The monoisotopic (exact) mass is 477 g/mol. The number of rotatable bonds is 8. The van der Waals surface area contributed by atoms with Crippen LogP contribution in [0.5, 0.6) is 0 Å². The summed E-state index contributed by atoms with van der Waals surface area (Å²) in [5, 5.41) is 0.